The van der Waals surface area contributed by atoms with E-state index >= 15 is 0 Å². The molecule has 1 aromatic carbocycles. The number of amides is 2. The van der Waals surface area contributed by atoms with Gasteiger partial charge in [0.05, 0.1) is 18.8 Å². The molecule has 0 aliphatic carbocycles. The molecular weight excluding hydrogens is 384 g/mol. The zero-order valence-corrected chi connectivity index (χ0v) is 15.6. The SMILES string of the molecule is CN(CCc1ccccn1)CC(=O)NCC(=O)Nc1ccccc1Br. The zero-order chi connectivity index (χ0) is 18.1. The van der Waals surface area contributed by atoms with Crippen molar-refractivity contribution < 1.29 is 9.59 Å². The zero-order valence-electron chi connectivity index (χ0n) is 14.0. The highest BCUT2D eigenvalue weighted by Crippen LogP contribution is 2.20. The molecular formula is C18H21BrN4O2. The number of hydrogen-bond acceptors (Lipinski definition) is 4. The minimum absolute atomic E-state index is 0.0613. The number of anilines is 1. The normalized spacial score (nSPS) is 10.5. The summed E-state index contributed by atoms with van der Waals surface area (Å²) in [6, 6.07) is 13.1. The quantitative estimate of drug-likeness (QED) is 0.706. The fourth-order valence-corrected chi connectivity index (χ4v) is 2.55. The molecule has 0 aliphatic rings. The Morgan fingerprint density at radius 1 is 1.12 bits per heavy atom. The average molecular weight is 405 g/mol. The second kappa shape index (κ2) is 9.90. The summed E-state index contributed by atoms with van der Waals surface area (Å²) in [6.07, 6.45) is 2.53. The van der Waals surface area contributed by atoms with Crippen LogP contribution in [-0.4, -0.2) is 48.4 Å². The number of hydrogen-bond donors (Lipinski definition) is 2. The van der Waals surface area contributed by atoms with Crippen molar-refractivity contribution in [3.05, 3.63) is 58.8 Å². The molecule has 2 aromatic rings. The Balaban J connectivity index is 1.67. The second-order valence-electron chi connectivity index (χ2n) is 5.61. The van der Waals surface area contributed by atoms with Crippen LogP contribution in [0, 0.1) is 0 Å². The van der Waals surface area contributed by atoms with Gasteiger partial charge in [-0.15, -0.1) is 0 Å². The van der Waals surface area contributed by atoms with E-state index in [-0.39, 0.29) is 24.9 Å². The second-order valence-corrected chi connectivity index (χ2v) is 6.47. The number of para-hydroxylation sites is 1. The van der Waals surface area contributed by atoms with Crippen LogP contribution < -0.4 is 10.6 Å². The highest BCUT2D eigenvalue weighted by atomic mass is 79.9. The summed E-state index contributed by atoms with van der Waals surface area (Å²) in [5.74, 6) is -0.456. The number of carbonyl (C=O) groups excluding carboxylic acids is 2. The Bertz CT molecular complexity index is 709. The number of likely N-dealkylation sites (N-methyl/N-ethyl adjacent to an activating group) is 1. The first kappa shape index (κ1) is 19.1. The minimum Gasteiger partial charge on any atom is -0.346 e. The van der Waals surface area contributed by atoms with Gasteiger partial charge in [-0.05, 0) is 47.2 Å². The number of aromatic nitrogens is 1. The van der Waals surface area contributed by atoms with E-state index in [4.69, 9.17) is 0 Å². The van der Waals surface area contributed by atoms with Gasteiger partial charge in [-0.25, -0.2) is 0 Å². The summed E-state index contributed by atoms with van der Waals surface area (Å²) in [5, 5.41) is 5.37. The standard InChI is InChI=1S/C18H21BrN4O2/c1-23(11-9-14-6-4-5-10-20-14)13-18(25)21-12-17(24)22-16-8-3-2-7-15(16)19/h2-8,10H,9,11-13H2,1H3,(H,21,25)(H,22,24). The van der Waals surface area contributed by atoms with Gasteiger partial charge in [0, 0.05) is 29.3 Å². The van der Waals surface area contributed by atoms with Gasteiger partial charge in [-0.3, -0.25) is 19.5 Å². The largest absolute Gasteiger partial charge is 0.346 e. The first-order chi connectivity index (χ1) is 12.0. The van der Waals surface area contributed by atoms with Gasteiger partial charge in [0.2, 0.25) is 11.8 Å². The third-order valence-electron chi connectivity index (χ3n) is 3.48. The van der Waals surface area contributed by atoms with E-state index in [2.05, 4.69) is 31.5 Å². The van der Waals surface area contributed by atoms with Crippen LogP contribution in [0.1, 0.15) is 5.69 Å². The first-order valence-corrected chi connectivity index (χ1v) is 8.73. The fraction of sp³-hybridized carbons (Fsp3) is 0.278. The van der Waals surface area contributed by atoms with Crippen LogP contribution in [0.25, 0.3) is 0 Å². The van der Waals surface area contributed by atoms with Crippen molar-refractivity contribution in [3.8, 4) is 0 Å². The molecule has 0 spiro atoms. The molecule has 2 N–H and O–H groups in total. The predicted molar refractivity (Wildman–Crippen MR) is 101 cm³/mol. The lowest BCUT2D eigenvalue weighted by Gasteiger charge is -2.16. The number of nitrogens with zero attached hydrogens (tertiary/aromatic N) is 2. The molecule has 0 fully saturated rings. The summed E-state index contributed by atoms with van der Waals surface area (Å²) < 4.78 is 0.795. The summed E-state index contributed by atoms with van der Waals surface area (Å²) in [6.45, 7) is 0.886. The molecule has 2 amide bonds. The van der Waals surface area contributed by atoms with Crippen molar-refractivity contribution >= 4 is 33.4 Å². The number of nitrogens with one attached hydrogen (secondary N) is 2. The van der Waals surface area contributed by atoms with Crippen LogP contribution in [0.2, 0.25) is 0 Å². The Morgan fingerprint density at radius 3 is 2.60 bits per heavy atom. The van der Waals surface area contributed by atoms with E-state index in [0.717, 1.165) is 16.6 Å². The summed E-state index contributed by atoms with van der Waals surface area (Å²) in [4.78, 5) is 30.0. The Kier molecular flexibility index (Phi) is 7.56. The molecule has 2 rings (SSSR count). The maximum atomic E-state index is 11.9. The molecule has 25 heavy (non-hydrogen) atoms. The monoisotopic (exact) mass is 404 g/mol. The molecule has 0 radical (unpaired) electrons. The lowest BCUT2D eigenvalue weighted by molar-refractivity contribution is -0.124. The van der Waals surface area contributed by atoms with Crippen LogP contribution in [0.15, 0.2) is 53.1 Å². The van der Waals surface area contributed by atoms with Gasteiger partial charge >= 0.3 is 0 Å². The average Bonchev–Trinajstić information content (AvgIpc) is 2.61. The van der Waals surface area contributed by atoms with Crippen LogP contribution in [0.4, 0.5) is 5.69 Å². The van der Waals surface area contributed by atoms with E-state index in [1.54, 1.807) is 12.3 Å². The lowest BCUT2D eigenvalue weighted by Crippen LogP contribution is -2.39. The number of benzene rings is 1. The molecule has 0 saturated heterocycles. The van der Waals surface area contributed by atoms with Gasteiger partial charge in [0.1, 0.15) is 0 Å². The lowest BCUT2D eigenvalue weighted by atomic mass is 10.2. The van der Waals surface area contributed by atoms with Crippen LogP contribution >= 0.6 is 15.9 Å². The van der Waals surface area contributed by atoms with E-state index < -0.39 is 0 Å². The third kappa shape index (κ3) is 7.03. The predicted octanol–water partition coefficient (Wildman–Crippen LogP) is 2.07. The minimum atomic E-state index is -0.267. The van der Waals surface area contributed by atoms with Crippen LogP contribution in [0.3, 0.4) is 0 Å². The Hall–Kier alpha value is -2.25. The summed E-state index contributed by atoms with van der Waals surface area (Å²) in [7, 11) is 1.86. The van der Waals surface area contributed by atoms with Crippen molar-refractivity contribution in [2.75, 3.05) is 32.0 Å². The van der Waals surface area contributed by atoms with Crippen LogP contribution in [-0.2, 0) is 16.0 Å². The van der Waals surface area contributed by atoms with E-state index in [0.29, 0.717) is 12.2 Å². The molecule has 1 aromatic heterocycles. The maximum absolute atomic E-state index is 11.9. The Labute approximate surface area is 155 Å². The molecule has 7 heteroatoms. The van der Waals surface area contributed by atoms with Gasteiger partial charge in [-0.1, -0.05) is 18.2 Å². The number of carbonyl (C=O) groups is 2. The Morgan fingerprint density at radius 2 is 1.88 bits per heavy atom. The van der Waals surface area contributed by atoms with Crippen molar-refractivity contribution in [1.82, 2.24) is 15.2 Å². The van der Waals surface area contributed by atoms with Crippen molar-refractivity contribution in [1.29, 1.82) is 0 Å². The van der Waals surface area contributed by atoms with Crippen molar-refractivity contribution in [3.63, 3.8) is 0 Å². The number of rotatable bonds is 8. The van der Waals surface area contributed by atoms with Crippen LogP contribution in [0.5, 0.6) is 0 Å². The van der Waals surface area contributed by atoms with Gasteiger partial charge in [0.15, 0.2) is 0 Å². The summed E-state index contributed by atoms with van der Waals surface area (Å²) >= 11 is 3.36. The molecule has 0 aliphatic heterocycles. The third-order valence-corrected chi connectivity index (χ3v) is 4.17. The molecule has 0 bridgehead atoms. The first-order valence-electron chi connectivity index (χ1n) is 7.94. The van der Waals surface area contributed by atoms with Gasteiger partial charge in [-0.2, -0.15) is 0 Å². The van der Waals surface area contributed by atoms with E-state index in [1.807, 2.05) is 48.3 Å². The van der Waals surface area contributed by atoms with E-state index in [1.165, 1.54) is 0 Å². The van der Waals surface area contributed by atoms with Crippen molar-refractivity contribution in [2.24, 2.45) is 0 Å². The van der Waals surface area contributed by atoms with Crippen molar-refractivity contribution in [2.45, 2.75) is 6.42 Å². The fourth-order valence-electron chi connectivity index (χ4n) is 2.17. The molecule has 1 heterocycles. The van der Waals surface area contributed by atoms with Gasteiger partial charge < -0.3 is 10.6 Å². The smallest absolute Gasteiger partial charge is 0.243 e. The molecule has 0 unspecified atom stereocenters. The molecule has 0 saturated carbocycles. The maximum Gasteiger partial charge on any atom is 0.243 e. The highest BCUT2D eigenvalue weighted by molar-refractivity contribution is 9.10. The molecule has 6 nitrogen and oxygen atoms in total. The number of pyridine rings is 1. The topological polar surface area (TPSA) is 74.3 Å². The van der Waals surface area contributed by atoms with E-state index in [9.17, 15) is 9.59 Å². The number of halogens is 1. The highest BCUT2D eigenvalue weighted by Gasteiger charge is 2.10. The van der Waals surface area contributed by atoms with Gasteiger partial charge in [0.25, 0.3) is 0 Å². The molecule has 132 valence electrons. The summed E-state index contributed by atoms with van der Waals surface area (Å²) in [5.41, 5.74) is 1.66. The molecule has 0 atom stereocenters.